The van der Waals surface area contributed by atoms with E-state index in [0.29, 0.717) is 26.1 Å². The topological polar surface area (TPSA) is 91.3 Å². The molecule has 3 aromatic carbocycles. The first-order chi connectivity index (χ1) is 18.4. The summed E-state index contributed by atoms with van der Waals surface area (Å²) in [5, 5.41) is 9.40. The highest BCUT2D eigenvalue weighted by Gasteiger charge is 2.44. The van der Waals surface area contributed by atoms with Crippen molar-refractivity contribution in [3.05, 3.63) is 95.6 Å². The lowest BCUT2D eigenvalue weighted by Crippen LogP contribution is -2.53. The molecule has 4 rings (SSSR count). The Morgan fingerprint density at radius 3 is 2.18 bits per heavy atom. The van der Waals surface area contributed by atoms with Gasteiger partial charge in [-0.15, -0.1) is 0 Å². The van der Waals surface area contributed by atoms with E-state index in [4.69, 9.17) is 9.47 Å². The van der Waals surface area contributed by atoms with Gasteiger partial charge in [-0.1, -0.05) is 68.4 Å². The number of nitrogens with zero attached hydrogens (tertiary/aromatic N) is 2. The van der Waals surface area contributed by atoms with Gasteiger partial charge < -0.3 is 19.3 Å². The van der Waals surface area contributed by atoms with E-state index in [1.165, 1.54) is 0 Å². The van der Waals surface area contributed by atoms with Crippen LogP contribution in [0.25, 0.3) is 0 Å². The van der Waals surface area contributed by atoms with Gasteiger partial charge in [0, 0.05) is 13.1 Å². The summed E-state index contributed by atoms with van der Waals surface area (Å²) in [7, 11) is 1.62. The molecule has 1 heterocycles. The van der Waals surface area contributed by atoms with Gasteiger partial charge in [-0.25, -0.2) is 10.3 Å². The monoisotopic (exact) mass is 517 g/mol. The Labute approximate surface area is 223 Å². The number of hydroxylamine groups is 1. The predicted octanol–water partition coefficient (Wildman–Crippen LogP) is 4.65. The van der Waals surface area contributed by atoms with Gasteiger partial charge in [0.2, 0.25) is 0 Å². The van der Waals surface area contributed by atoms with Crippen LogP contribution in [0.15, 0.2) is 78.9 Å². The summed E-state index contributed by atoms with van der Waals surface area (Å²) in [4.78, 5) is 29.7. The van der Waals surface area contributed by atoms with E-state index in [0.717, 1.165) is 28.2 Å². The molecule has 38 heavy (non-hydrogen) atoms. The molecule has 0 bridgehead atoms. The van der Waals surface area contributed by atoms with Crippen LogP contribution in [-0.4, -0.2) is 52.7 Å². The van der Waals surface area contributed by atoms with Crippen molar-refractivity contribution >= 4 is 11.9 Å². The maximum Gasteiger partial charge on any atom is 0.321 e. The summed E-state index contributed by atoms with van der Waals surface area (Å²) in [5.74, 6) is 0.731. The second-order valence-electron chi connectivity index (χ2n) is 9.86. The van der Waals surface area contributed by atoms with Crippen LogP contribution in [0, 0.1) is 5.92 Å². The van der Waals surface area contributed by atoms with Crippen molar-refractivity contribution in [2.45, 2.75) is 45.5 Å². The van der Waals surface area contributed by atoms with Crippen LogP contribution in [-0.2, 0) is 24.4 Å². The van der Waals surface area contributed by atoms with Gasteiger partial charge in [-0.2, -0.15) is 0 Å². The van der Waals surface area contributed by atoms with E-state index < -0.39 is 11.9 Å². The Bertz CT molecular complexity index is 1200. The number of carbonyl (C=O) groups is 2. The molecular weight excluding hydrogens is 482 g/mol. The zero-order valence-corrected chi connectivity index (χ0v) is 22.0. The summed E-state index contributed by atoms with van der Waals surface area (Å²) < 4.78 is 11.1. The fourth-order valence-corrected chi connectivity index (χ4v) is 4.88. The van der Waals surface area contributed by atoms with Crippen LogP contribution in [0.1, 0.15) is 30.5 Å². The molecule has 2 unspecified atom stereocenters. The Hall–Kier alpha value is -4.04. The van der Waals surface area contributed by atoms with E-state index in [-0.39, 0.29) is 18.0 Å². The summed E-state index contributed by atoms with van der Waals surface area (Å²) in [5.41, 5.74) is 4.84. The van der Waals surface area contributed by atoms with Crippen LogP contribution < -0.4 is 15.0 Å². The number of carbonyl (C=O) groups excluding carboxylic acids is 2. The molecule has 0 saturated carbocycles. The van der Waals surface area contributed by atoms with Crippen molar-refractivity contribution in [1.29, 1.82) is 0 Å². The molecule has 8 nitrogen and oxygen atoms in total. The van der Waals surface area contributed by atoms with E-state index in [1.54, 1.807) is 22.4 Å². The molecule has 2 atom stereocenters. The van der Waals surface area contributed by atoms with Gasteiger partial charge in [0.15, 0.2) is 0 Å². The molecule has 3 aromatic rings. The Morgan fingerprint density at radius 2 is 1.58 bits per heavy atom. The number of benzene rings is 3. The lowest BCUT2D eigenvalue weighted by atomic mass is 9.98. The zero-order chi connectivity index (χ0) is 27.1. The highest BCUT2D eigenvalue weighted by Crippen LogP contribution is 2.28. The molecule has 0 radical (unpaired) electrons. The lowest BCUT2D eigenvalue weighted by molar-refractivity contribution is -0.135. The predicted molar refractivity (Wildman–Crippen MR) is 144 cm³/mol. The zero-order valence-electron chi connectivity index (χ0n) is 22.0. The number of rotatable bonds is 11. The normalized spacial score (nSPS) is 16.0. The summed E-state index contributed by atoms with van der Waals surface area (Å²) in [6.45, 7) is 5.08. The number of hydrogen-bond donors (Lipinski definition) is 2. The minimum Gasteiger partial charge on any atom is -0.497 e. The molecule has 1 aliphatic heterocycles. The third-order valence-electron chi connectivity index (χ3n) is 6.80. The minimum absolute atomic E-state index is 0.189. The standard InChI is InChI=1S/C30H35N3O5/c1-21(2)28(29(34)31-36)33-25(17-22-9-13-26(37-3)14-10-22)19-32(30(33)35)18-23-11-15-27(16-12-23)38-20-24-7-5-4-6-8-24/h4-16,21,25,28,36H,17-20H2,1-3H3,(H,31,34). The number of methoxy groups -OCH3 is 1. The quantitative estimate of drug-likeness (QED) is 0.285. The highest BCUT2D eigenvalue weighted by molar-refractivity contribution is 5.88. The molecule has 0 spiro atoms. The van der Waals surface area contributed by atoms with Crippen LogP contribution in [0.4, 0.5) is 4.79 Å². The van der Waals surface area contributed by atoms with E-state index in [1.807, 2.05) is 92.7 Å². The smallest absolute Gasteiger partial charge is 0.321 e. The number of urea groups is 1. The number of amides is 3. The van der Waals surface area contributed by atoms with Gasteiger partial charge >= 0.3 is 6.03 Å². The number of nitrogens with one attached hydrogen (secondary N) is 1. The summed E-state index contributed by atoms with van der Waals surface area (Å²) >= 11 is 0. The number of hydrogen-bond acceptors (Lipinski definition) is 5. The molecule has 2 N–H and O–H groups in total. The third-order valence-corrected chi connectivity index (χ3v) is 6.80. The fourth-order valence-electron chi connectivity index (χ4n) is 4.88. The van der Waals surface area contributed by atoms with Crippen LogP contribution in [0.5, 0.6) is 11.5 Å². The molecule has 1 saturated heterocycles. The first-order valence-electron chi connectivity index (χ1n) is 12.8. The Morgan fingerprint density at radius 1 is 0.947 bits per heavy atom. The number of ether oxygens (including phenoxy) is 2. The molecule has 1 aliphatic rings. The second kappa shape index (κ2) is 12.5. The first-order valence-corrected chi connectivity index (χ1v) is 12.8. The Kier molecular flexibility index (Phi) is 8.86. The summed E-state index contributed by atoms with van der Waals surface area (Å²) in [6, 6.07) is 24.1. The molecular formula is C30H35N3O5. The molecule has 0 aliphatic carbocycles. The minimum atomic E-state index is -0.797. The fraction of sp³-hybridized carbons (Fsp3) is 0.333. The van der Waals surface area contributed by atoms with Gasteiger partial charge in [0.25, 0.3) is 5.91 Å². The SMILES string of the molecule is COc1ccc(CC2CN(Cc3ccc(OCc4ccccc4)cc3)C(=O)N2C(C(=O)NO)C(C)C)cc1. The van der Waals surface area contributed by atoms with Crippen molar-refractivity contribution in [2.75, 3.05) is 13.7 Å². The van der Waals surface area contributed by atoms with Crippen molar-refractivity contribution in [3.8, 4) is 11.5 Å². The summed E-state index contributed by atoms with van der Waals surface area (Å²) in [6.07, 6.45) is 0.570. The van der Waals surface area contributed by atoms with Crippen molar-refractivity contribution in [1.82, 2.24) is 15.3 Å². The maximum atomic E-state index is 13.6. The van der Waals surface area contributed by atoms with Crippen molar-refractivity contribution < 1.29 is 24.3 Å². The largest absolute Gasteiger partial charge is 0.497 e. The highest BCUT2D eigenvalue weighted by atomic mass is 16.5. The van der Waals surface area contributed by atoms with E-state index in [2.05, 4.69) is 0 Å². The molecule has 3 amide bonds. The molecule has 0 aromatic heterocycles. The van der Waals surface area contributed by atoms with E-state index >= 15 is 0 Å². The maximum absolute atomic E-state index is 13.6. The van der Waals surface area contributed by atoms with Crippen LogP contribution in [0.2, 0.25) is 0 Å². The van der Waals surface area contributed by atoms with Gasteiger partial charge in [-0.05, 0) is 53.3 Å². The van der Waals surface area contributed by atoms with Crippen molar-refractivity contribution in [3.63, 3.8) is 0 Å². The van der Waals surface area contributed by atoms with Crippen molar-refractivity contribution in [2.24, 2.45) is 5.92 Å². The molecule has 200 valence electrons. The van der Waals surface area contributed by atoms with E-state index in [9.17, 15) is 14.8 Å². The van der Waals surface area contributed by atoms with Gasteiger partial charge in [0.1, 0.15) is 24.1 Å². The third kappa shape index (κ3) is 6.44. The van der Waals surface area contributed by atoms with Gasteiger partial charge in [0.05, 0.1) is 13.2 Å². The molecule has 1 fully saturated rings. The lowest BCUT2D eigenvalue weighted by Gasteiger charge is -2.33. The first kappa shape index (κ1) is 27.0. The van der Waals surface area contributed by atoms with Crippen LogP contribution >= 0.6 is 0 Å². The average Bonchev–Trinajstić information content (AvgIpc) is 3.22. The Balaban J connectivity index is 1.49. The molecule has 8 heteroatoms. The average molecular weight is 518 g/mol. The van der Waals surface area contributed by atoms with Crippen LogP contribution in [0.3, 0.4) is 0 Å². The second-order valence-corrected chi connectivity index (χ2v) is 9.86. The van der Waals surface area contributed by atoms with Gasteiger partial charge in [-0.3, -0.25) is 10.0 Å².